The number of ether oxygens (including phenoxy) is 1. The minimum atomic E-state index is -0.550. The highest BCUT2D eigenvalue weighted by atomic mass is 19.1. The Bertz CT molecular complexity index is 1110. The highest BCUT2D eigenvalue weighted by Crippen LogP contribution is 2.36. The molecule has 0 spiro atoms. The van der Waals surface area contributed by atoms with Gasteiger partial charge in [-0.2, -0.15) is 0 Å². The number of nitrogens with zero attached hydrogens (tertiary/aromatic N) is 1. The van der Waals surface area contributed by atoms with Gasteiger partial charge in [-0.05, 0) is 63.4 Å². The molecule has 4 rings (SSSR count). The third-order valence-electron chi connectivity index (χ3n) is 6.73. The number of benzene rings is 2. The van der Waals surface area contributed by atoms with Crippen LogP contribution in [-0.2, 0) is 9.53 Å². The summed E-state index contributed by atoms with van der Waals surface area (Å²) in [4.78, 5) is 38.9. The smallest absolute Gasteiger partial charge is 0.414 e. The Morgan fingerprint density at radius 1 is 1.14 bits per heavy atom. The molecule has 0 saturated carbocycles. The molecule has 186 valence electrons. The first-order valence-corrected chi connectivity index (χ1v) is 12.2. The number of ketones is 1. The van der Waals surface area contributed by atoms with E-state index >= 15 is 0 Å². The second-order valence-corrected chi connectivity index (χ2v) is 9.36. The number of nitrogens with one attached hydrogen (secondary N) is 2. The van der Waals surface area contributed by atoms with E-state index in [9.17, 15) is 18.8 Å². The monoisotopic (exact) mass is 481 g/mol. The predicted molar refractivity (Wildman–Crippen MR) is 131 cm³/mol. The van der Waals surface area contributed by atoms with Gasteiger partial charge in [-0.25, -0.2) is 9.18 Å². The average molecular weight is 482 g/mol. The largest absolute Gasteiger partial charge is 0.442 e. The molecular weight excluding hydrogens is 449 g/mol. The van der Waals surface area contributed by atoms with Crippen LogP contribution >= 0.6 is 0 Å². The highest BCUT2D eigenvalue weighted by Gasteiger charge is 2.35. The number of cyclic esters (lactones) is 1. The fourth-order valence-electron chi connectivity index (χ4n) is 4.90. The number of hydrogen-bond acceptors (Lipinski definition) is 5. The van der Waals surface area contributed by atoms with Gasteiger partial charge in [0.25, 0.3) is 0 Å². The van der Waals surface area contributed by atoms with Gasteiger partial charge in [-0.3, -0.25) is 14.5 Å². The Morgan fingerprint density at radius 3 is 2.66 bits per heavy atom. The van der Waals surface area contributed by atoms with E-state index in [4.69, 9.17) is 4.74 Å². The first kappa shape index (κ1) is 24.9. The Labute approximate surface area is 205 Å². The average Bonchev–Trinajstić information content (AvgIpc) is 3.22. The number of aryl methyl sites for hydroxylation is 2. The van der Waals surface area contributed by atoms with Crippen molar-refractivity contribution in [3.63, 3.8) is 0 Å². The maximum absolute atomic E-state index is 14.8. The molecule has 8 heteroatoms. The van der Waals surface area contributed by atoms with Gasteiger partial charge >= 0.3 is 6.09 Å². The summed E-state index contributed by atoms with van der Waals surface area (Å²) in [6.07, 6.45) is 0.671. The summed E-state index contributed by atoms with van der Waals surface area (Å²) < 4.78 is 20.3. The van der Waals surface area contributed by atoms with Gasteiger partial charge in [0.05, 0.1) is 18.8 Å². The zero-order chi connectivity index (χ0) is 24.9. The van der Waals surface area contributed by atoms with E-state index in [0.717, 1.165) is 37.1 Å². The lowest BCUT2D eigenvalue weighted by atomic mass is 9.88. The van der Waals surface area contributed by atoms with Crippen LogP contribution in [0.2, 0.25) is 0 Å². The molecule has 0 unspecified atom stereocenters. The van der Waals surface area contributed by atoms with Crippen molar-refractivity contribution < 1.29 is 23.5 Å². The summed E-state index contributed by atoms with van der Waals surface area (Å²) in [5.74, 6) is -0.632. The number of anilines is 1. The zero-order valence-corrected chi connectivity index (χ0v) is 20.2. The summed E-state index contributed by atoms with van der Waals surface area (Å²) in [5.41, 5.74) is 3.70. The number of amides is 2. The van der Waals surface area contributed by atoms with E-state index < -0.39 is 12.2 Å². The third kappa shape index (κ3) is 5.88. The van der Waals surface area contributed by atoms with Crippen LogP contribution in [0.1, 0.15) is 58.6 Å². The fraction of sp³-hybridized carbons (Fsp3) is 0.444. The van der Waals surface area contributed by atoms with E-state index in [1.54, 1.807) is 18.2 Å². The lowest BCUT2D eigenvalue weighted by Gasteiger charge is -2.27. The lowest BCUT2D eigenvalue weighted by molar-refractivity contribution is -0.121. The highest BCUT2D eigenvalue weighted by molar-refractivity contribution is 5.99. The van der Waals surface area contributed by atoms with Gasteiger partial charge in [-0.15, -0.1) is 0 Å². The maximum Gasteiger partial charge on any atom is 0.414 e. The van der Waals surface area contributed by atoms with Crippen molar-refractivity contribution in [1.82, 2.24) is 10.6 Å². The topological polar surface area (TPSA) is 87.7 Å². The van der Waals surface area contributed by atoms with Gasteiger partial charge in [0, 0.05) is 24.0 Å². The Balaban J connectivity index is 1.32. The molecule has 2 aromatic rings. The van der Waals surface area contributed by atoms with E-state index in [0.29, 0.717) is 16.8 Å². The second kappa shape index (κ2) is 11.0. The van der Waals surface area contributed by atoms with Crippen molar-refractivity contribution in [3.05, 3.63) is 64.5 Å². The van der Waals surface area contributed by atoms with Crippen LogP contribution in [0.4, 0.5) is 14.9 Å². The van der Waals surface area contributed by atoms with Crippen LogP contribution in [0.15, 0.2) is 36.4 Å². The number of rotatable bonds is 8. The van der Waals surface area contributed by atoms with Crippen molar-refractivity contribution in [2.45, 2.75) is 51.6 Å². The summed E-state index contributed by atoms with van der Waals surface area (Å²) in [6, 6.07) is 10.4. The standard InChI is InChI=1S/C27H32FN3O4/c1-17-6-7-21(18(2)14-17)24(32)8-9-25(33)30-15-20-16-31(27(34)35-20)23-5-3-4-22(28)26(23)19-10-12-29-13-11-19/h3-7,14,19-20,29H,8-13,15-16H2,1-2H3,(H,30,33)/t20-/m0/s1. The molecule has 2 heterocycles. The molecule has 2 aliphatic rings. The van der Waals surface area contributed by atoms with Gasteiger partial charge in [0.2, 0.25) is 5.91 Å². The number of hydrogen-bond donors (Lipinski definition) is 2. The summed E-state index contributed by atoms with van der Waals surface area (Å²) >= 11 is 0. The molecule has 7 nitrogen and oxygen atoms in total. The normalized spacial score (nSPS) is 18.4. The van der Waals surface area contributed by atoms with Gasteiger partial charge in [0.1, 0.15) is 11.9 Å². The fourth-order valence-corrected chi connectivity index (χ4v) is 4.90. The van der Waals surface area contributed by atoms with Gasteiger partial charge in [0.15, 0.2) is 5.78 Å². The number of carbonyl (C=O) groups is 3. The zero-order valence-electron chi connectivity index (χ0n) is 20.2. The SMILES string of the molecule is Cc1ccc(C(=O)CCC(=O)NC[C@H]2CN(c3cccc(F)c3C3CCNCC3)C(=O)O2)c(C)c1. The van der Waals surface area contributed by atoms with Crippen LogP contribution in [-0.4, -0.2) is 50.1 Å². The molecule has 0 aromatic heterocycles. The van der Waals surface area contributed by atoms with Crippen LogP contribution in [0, 0.1) is 19.7 Å². The molecule has 2 fully saturated rings. The van der Waals surface area contributed by atoms with Crippen LogP contribution in [0.5, 0.6) is 0 Å². The van der Waals surface area contributed by atoms with Gasteiger partial charge in [-0.1, -0.05) is 29.8 Å². The van der Waals surface area contributed by atoms with Crippen molar-refractivity contribution in [3.8, 4) is 0 Å². The molecule has 1 atom stereocenters. The number of carbonyl (C=O) groups excluding carboxylic acids is 3. The van der Waals surface area contributed by atoms with Crippen LogP contribution < -0.4 is 15.5 Å². The molecular formula is C27H32FN3O4. The van der Waals surface area contributed by atoms with Crippen LogP contribution in [0.3, 0.4) is 0 Å². The quantitative estimate of drug-likeness (QED) is 0.556. The van der Waals surface area contributed by atoms with Crippen molar-refractivity contribution in [2.75, 3.05) is 31.1 Å². The molecule has 0 bridgehead atoms. The number of Topliss-reactive ketones (excluding diaryl/α,β-unsaturated/α-hetero) is 1. The molecule has 2 aromatic carbocycles. The molecule has 2 aliphatic heterocycles. The number of halogens is 1. The Morgan fingerprint density at radius 2 is 1.91 bits per heavy atom. The van der Waals surface area contributed by atoms with Crippen LogP contribution in [0.25, 0.3) is 0 Å². The van der Waals surface area contributed by atoms with Gasteiger partial charge < -0.3 is 15.4 Å². The van der Waals surface area contributed by atoms with E-state index in [2.05, 4.69) is 10.6 Å². The molecule has 2 amide bonds. The third-order valence-corrected chi connectivity index (χ3v) is 6.73. The Kier molecular flexibility index (Phi) is 7.80. The van der Waals surface area contributed by atoms with Crippen molar-refractivity contribution in [1.29, 1.82) is 0 Å². The minimum absolute atomic E-state index is 0.0358. The molecule has 2 N–H and O–H groups in total. The van der Waals surface area contributed by atoms with E-state index in [1.165, 1.54) is 11.0 Å². The van der Waals surface area contributed by atoms with Crippen molar-refractivity contribution >= 4 is 23.5 Å². The maximum atomic E-state index is 14.8. The minimum Gasteiger partial charge on any atom is -0.442 e. The lowest BCUT2D eigenvalue weighted by Crippen LogP contribution is -2.35. The molecule has 0 radical (unpaired) electrons. The first-order chi connectivity index (χ1) is 16.8. The van der Waals surface area contributed by atoms with E-state index in [1.807, 2.05) is 26.0 Å². The summed E-state index contributed by atoms with van der Waals surface area (Å²) in [7, 11) is 0. The first-order valence-electron chi connectivity index (χ1n) is 12.2. The predicted octanol–water partition coefficient (Wildman–Crippen LogP) is 4.01. The van der Waals surface area contributed by atoms with Crippen molar-refractivity contribution in [2.24, 2.45) is 0 Å². The molecule has 35 heavy (non-hydrogen) atoms. The molecule has 0 aliphatic carbocycles. The van der Waals surface area contributed by atoms with E-state index in [-0.39, 0.29) is 49.4 Å². The summed E-state index contributed by atoms with van der Waals surface area (Å²) in [6.45, 7) is 5.83. The Hall–Kier alpha value is -3.26. The second-order valence-electron chi connectivity index (χ2n) is 9.36. The molecule has 2 saturated heterocycles. The number of piperidine rings is 1. The summed E-state index contributed by atoms with van der Waals surface area (Å²) in [5, 5.41) is 6.04.